The number of nitrogens with zero attached hydrogens (tertiary/aromatic N) is 5. The van der Waals surface area contributed by atoms with Crippen molar-refractivity contribution in [3.05, 3.63) is 71.8 Å². The van der Waals surface area contributed by atoms with Gasteiger partial charge in [-0.15, -0.1) is 0 Å². The van der Waals surface area contributed by atoms with Gasteiger partial charge in [-0.05, 0) is 74.3 Å². The monoisotopic (exact) mass is 1010 g/mol. The second-order valence-corrected chi connectivity index (χ2v) is 20.4. The molecule has 1 fully saturated rings. The largest absolute Gasteiger partial charge is 0.453 e. The number of carbonyl (C=O) groups is 7. The fourth-order valence-corrected chi connectivity index (χ4v) is 8.44. The number of oxime groups is 1. The number of cyclic esters (lactones) is 4. The first-order valence-corrected chi connectivity index (χ1v) is 25.1. The average molecular weight is 1010 g/mol. The van der Waals surface area contributed by atoms with Crippen LogP contribution in [0.15, 0.2) is 65.8 Å². The predicted octanol–water partition coefficient (Wildman–Crippen LogP) is 5.46. The Hall–Kier alpha value is -6.04. The van der Waals surface area contributed by atoms with Gasteiger partial charge in [-0.25, -0.2) is 19.2 Å². The van der Waals surface area contributed by atoms with E-state index in [4.69, 9.17) is 23.8 Å². The number of likely N-dealkylation sites (N-methyl/N-ethyl adjacent to an activating group) is 4. The Balaban J connectivity index is 2.33. The highest BCUT2D eigenvalue weighted by Gasteiger charge is 2.42. The average Bonchev–Trinajstić information content (AvgIpc) is 3.32. The lowest BCUT2D eigenvalue weighted by Crippen LogP contribution is -2.55. The highest BCUT2D eigenvalue weighted by molar-refractivity contribution is 5.95. The van der Waals surface area contributed by atoms with Crippen molar-refractivity contribution in [1.29, 1.82) is 0 Å². The summed E-state index contributed by atoms with van der Waals surface area (Å²) in [6.07, 6.45) is -5.29. The molecule has 0 bridgehead atoms. The van der Waals surface area contributed by atoms with E-state index in [1.54, 1.807) is 60.7 Å². The molecular weight excluding hydrogens is 927 g/mol. The van der Waals surface area contributed by atoms with Gasteiger partial charge in [0.1, 0.15) is 30.8 Å². The summed E-state index contributed by atoms with van der Waals surface area (Å²) in [5.74, 6) is -6.27. The van der Waals surface area contributed by atoms with Crippen molar-refractivity contribution in [2.75, 3.05) is 41.4 Å². The normalized spacial score (nSPS) is 25.0. The summed E-state index contributed by atoms with van der Waals surface area (Å²) in [6, 6.07) is 12.9. The molecule has 1 aliphatic rings. The van der Waals surface area contributed by atoms with Crippen molar-refractivity contribution in [3.63, 3.8) is 0 Å². The molecule has 8 atom stereocenters. The van der Waals surface area contributed by atoms with E-state index >= 15 is 0 Å². The number of aliphatic hydroxyl groups excluding tert-OH is 1. The van der Waals surface area contributed by atoms with Crippen molar-refractivity contribution < 1.29 is 62.5 Å². The van der Waals surface area contributed by atoms with Crippen LogP contribution >= 0.6 is 0 Å². The van der Waals surface area contributed by atoms with Crippen molar-refractivity contribution >= 4 is 47.4 Å². The van der Waals surface area contributed by atoms with Crippen molar-refractivity contribution in [2.45, 2.75) is 156 Å². The molecule has 0 radical (unpaired) electrons. The minimum absolute atomic E-state index is 0.0474. The van der Waals surface area contributed by atoms with Gasteiger partial charge in [0, 0.05) is 41.0 Å². The maximum Gasteiger partial charge on any atom is 0.329 e. The van der Waals surface area contributed by atoms with Gasteiger partial charge in [0.05, 0.1) is 6.61 Å². The third-order valence-electron chi connectivity index (χ3n) is 12.4. The van der Waals surface area contributed by atoms with Gasteiger partial charge in [0.15, 0.2) is 30.3 Å². The summed E-state index contributed by atoms with van der Waals surface area (Å²) in [5, 5.41) is 13.9. The van der Waals surface area contributed by atoms with Gasteiger partial charge in [0.25, 0.3) is 17.7 Å². The van der Waals surface area contributed by atoms with Crippen LogP contribution in [0.25, 0.3) is 0 Å². The molecular formula is C54H81N5O13. The van der Waals surface area contributed by atoms with E-state index in [1.807, 2.05) is 55.4 Å². The number of rotatable bonds is 15. The highest BCUT2D eigenvalue weighted by Crippen LogP contribution is 2.24. The molecule has 1 heterocycles. The smallest absolute Gasteiger partial charge is 0.329 e. The van der Waals surface area contributed by atoms with Crippen LogP contribution in [0.2, 0.25) is 0 Å². The van der Waals surface area contributed by atoms with E-state index in [1.165, 1.54) is 56.7 Å². The zero-order valence-corrected chi connectivity index (χ0v) is 44.9. The first-order valence-electron chi connectivity index (χ1n) is 25.1. The molecule has 72 heavy (non-hydrogen) atoms. The molecule has 1 saturated heterocycles. The van der Waals surface area contributed by atoms with Gasteiger partial charge in [-0.3, -0.25) is 14.4 Å². The number of esters is 4. The molecule has 2 aromatic rings. The fourth-order valence-electron chi connectivity index (χ4n) is 8.44. The fraction of sp³-hybridized carbons (Fsp3) is 0.630. The zero-order valence-electron chi connectivity index (χ0n) is 44.9. The van der Waals surface area contributed by atoms with Gasteiger partial charge >= 0.3 is 23.9 Å². The number of aliphatic hydroxyl groups is 1. The van der Waals surface area contributed by atoms with E-state index in [0.29, 0.717) is 11.1 Å². The molecule has 1 N–H and O–H groups in total. The van der Waals surface area contributed by atoms with Crippen LogP contribution in [0.3, 0.4) is 0 Å². The molecule has 2 aromatic carbocycles. The van der Waals surface area contributed by atoms with E-state index in [-0.39, 0.29) is 74.6 Å². The molecule has 0 aromatic heterocycles. The summed E-state index contributed by atoms with van der Waals surface area (Å²) in [6.45, 7) is 17.2. The summed E-state index contributed by atoms with van der Waals surface area (Å²) in [7, 11) is 5.76. The Kier molecular flexibility index (Phi) is 24.2. The number of hydrogen-bond acceptors (Lipinski definition) is 14. The van der Waals surface area contributed by atoms with Gasteiger partial charge in [-0.1, -0.05) is 121 Å². The van der Waals surface area contributed by atoms with E-state index in [9.17, 15) is 38.7 Å². The standard InChI is InChI=1S/C54H81N5O13/c1-33(2)27-41-53(66)71-45(31-39-21-17-15-18-22-39)49(62)59(14)43(29-35(5)6)52(65)70-38(10)48(61)57(12)44(30-36(7)8)54(67)72-46(32-40-23-19-16-20-24-40)50(63)58(13)42(28-34(3)4)51(64)69-37(9)47(56(41)11)55-68-26-25-60/h15-24,33-38,41-46,60H,25-32H2,1-14H3/b55-47+/t37-,38-,41+,42+,43?,44+,45-,46-/m1/s1. The molecule has 1 unspecified atom stereocenters. The number of amides is 3. The van der Waals surface area contributed by atoms with Crippen molar-refractivity contribution in [3.8, 4) is 0 Å². The van der Waals surface area contributed by atoms with Crippen LogP contribution < -0.4 is 0 Å². The maximum absolute atomic E-state index is 14.8. The van der Waals surface area contributed by atoms with Crippen LogP contribution in [0.4, 0.5) is 0 Å². The van der Waals surface area contributed by atoms with E-state index < -0.39 is 96.8 Å². The summed E-state index contributed by atoms with van der Waals surface area (Å²) >= 11 is 0. The second-order valence-electron chi connectivity index (χ2n) is 20.4. The van der Waals surface area contributed by atoms with Crippen LogP contribution in [0, 0.1) is 23.7 Å². The molecule has 3 rings (SSSR count). The number of benzene rings is 2. The predicted molar refractivity (Wildman–Crippen MR) is 271 cm³/mol. The number of hydrogen-bond donors (Lipinski definition) is 1. The van der Waals surface area contributed by atoms with Crippen LogP contribution in [-0.2, 0) is 70.2 Å². The van der Waals surface area contributed by atoms with Gasteiger partial charge in [-0.2, -0.15) is 0 Å². The quantitative estimate of drug-likeness (QED) is 0.102. The Morgan fingerprint density at radius 3 is 1.15 bits per heavy atom. The number of amidine groups is 1. The second kappa shape index (κ2) is 28.9. The summed E-state index contributed by atoms with van der Waals surface area (Å²) < 4.78 is 24.3. The SMILES string of the molecule is CC(C)CC1C(=O)O[C@H](C)C(=O)N(C)[C@@H](CC(C)C)C(=O)O[C@H](Cc2ccccc2)C(=O)N(C)[C@@H](CC(C)C)C(=O)O[C@H](C)/C(=N\OCCO)N(C)[C@@H](CC(C)C)C(=O)O[C@H](Cc2ccccc2)C(=O)N1C. The molecule has 0 saturated carbocycles. The van der Waals surface area contributed by atoms with Crippen molar-refractivity contribution in [2.24, 2.45) is 28.8 Å². The Bertz CT molecular complexity index is 2120. The van der Waals surface area contributed by atoms with Crippen molar-refractivity contribution in [1.82, 2.24) is 19.6 Å². The minimum Gasteiger partial charge on any atom is -0.453 e. The van der Waals surface area contributed by atoms with Crippen LogP contribution in [-0.4, -0.2) is 162 Å². The van der Waals surface area contributed by atoms with E-state index in [0.717, 1.165) is 4.90 Å². The third kappa shape index (κ3) is 17.9. The Morgan fingerprint density at radius 1 is 0.486 bits per heavy atom. The minimum atomic E-state index is -1.47. The molecule has 0 spiro atoms. The maximum atomic E-state index is 14.8. The molecule has 3 amide bonds. The van der Waals surface area contributed by atoms with Gasteiger partial charge in [0.2, 0.25) is 0 Å². The Morgan fingerprint density at radius 2 is 0.806 bits per heavy atom. The summed E-state index contributed by atoms with van der Waals surface area (Å²) in [5.41, 5.74) is 1.31. The molecule has 18 nitrogen and oxygen atoms in total. The highest BCUT2D eigenvalue weighted by atomic mass is 16.6. The lowest BCUT2D eigenvalue weighted by Gasteiger charge is -2.36. The lowest BCUT2D eigenvalue weighted by atomic mass is 10.00. The molecule has 0 aliphatic carbocycles. The third-order valence-corrected chi connectivity index (χ3v) is 12.4. The molecule has 18 heteroatoms. The zero-order chi connectivity index (χ0) is 54.0. The summed E-state index contributed by atoms with van der Waals surface area (Å²) in [4.78, 5) is 112. The topological polar surface area (TPSA) is 211 Å². The lowest BCUT2D eigenvalue weighted by molar-refractivity contribution is -0.174. The van der Waals surface area contributed by atoms with Crippen LogP contribution in [0.1, 0.15) is 106 Å². The van der Waals surface area contributed by atoms with Gasteiger partial charge < -0.3 is 48.5 Å². The first-order chi connectivity index (χ1) is 33.9. The molecule has 1 aliphatic heterocycles. The number of ether oxygens (including phenoxy) is 4. The number of carbonyl (C=O) groups excluding carboxylic acids is 7. The van der Waals surface area contributed by atoms with Crippen LogP contribution in [0.5, 0.6) is 0 Å². The molecule has 400 valence electrons. The van der Waals surface area contributed by atoms with E-state index in [2.05, 4.69) is 5.16 Å². The Labute approximate surface area is 426 Å². The first kappa shape index (κ1) is 60.3.